The Hall–Kier alpha value is -2.99. The molecular weight excluding hydrogens is 358 g/mol. The van der Waals surface area contributed by atoms with Crippen LogP contribution in [0.2, 0.25) is 0 Å². The zero-order valence-corrected chi connectivity index (χ0v) is 16.0. The maximum atomic E-state index is 12.2. The summed E-state index contributed by atoms with van der Waals surface area (Å²) >= 11 is 1.58. The van der Waals surface area contributed by atoms with Crippen LogP contribution < -0.4 is 10.6 Å². The summed E-state index contributed by atoms with van der Waals surface area (Å²) in [5, 5.41) is 8.62. The lowest BCUT2D eigenvalue weighted by Gasteiger charge is -2.07. The van der Waals surface area contributed by atoms with Gasteiger partial charge in [0, 0.05) is 28.2 Å². The standard InChI is InChI=1S/C21H21N3O2S/c1-14(2)21-24-18(13-27-21)12-19(25)22-17-10-8-15(9-11-17)20(26)23-16-6-4-3-5-7-16/h3-11,13-14H,12H2,1-2H3,(H,22,25)(H,23,26). The zero-order chi connectivity index (χ0) is 19.2. The number of nitrogens with one attached hydrogen (secondary N) is 2. The summed E-state index contributed by atoms with van der Waals surface area (Å²) in [6, 6.07) is 16.1. The summed E-state index contributed by atoms with van der Waals surface area (Å²) in [5.74, 6) is 0.0428. The van der Waals surface area contributed by atoms with Crippen LogP contribution in [-0.2, 0) is 11.2 Å². The number of benzene rings is 2. The number of carbonyl (C=O) groups excluding carboxylic acids is 2. The van der Waals surface area contributed by atoms with E-state index in [1.807, 2.05) is 35.7 Å². The predicted octanol–water partition coefficient (Wildman–Crippen LogP) is 4.70. The molecule has 2 aromatic carbocycles. The van der Waals surface area contributed by atoms with Crippen LogP contribution in [0, 0.1) is 0 Å². The molecule has 0 unspecified atom stereocenters. The van der Waals surface area contributed by atoms with Crippen molar-refractivity contribution in [2.45, 2.75) is 26.2 Å². The minimum atomic E-state index is -0.192. The molecule has 0 aliphatic heterocycles. The summed E-state index contributed by atoms with van der Waals surface area (Å²) in [5.41, 5.74) is 2.69. The number of hydrogen-bond acceptors (Lipinski definition) is 4. The first kappa shape index (κ1) is 18.8. The van der Waals surface area contributed by atoms with E-state index in [1.165, 1.54) is 0 Å². The molecule has 0 radical (unpaired) electrons. The molecule has 0 bridgehead atoms. The molecule has 0 aliphatic carbocycles. The molecule has 5 nitrogen and oxygen atoms in total. The third-order valence-corrected chi connectivity index (χ3v) is 5.06. The first-order valence-corrected chi connectivity index (χ1v) is 9.60. The average molecular weight is 379 g/mol. The van der Waals surface area contributed by atoms with Gasteiger partial charge in [-0.1, -0.05) is 32.0 Å². The second-order valence-electron chi connectivity index (χ2n) is 6.45. The van der Waals surface area contributed by atoms with E-state index >= 15 is 0 Å². The van der Waals surface area contributed by atoms with Crippen molar-refractivity contribution in [2.24, 2.45) is 0 Å². The van der Waals surface area contributed by atoms with E-state index in [0.29, 0.717) is 17.2 Å². The van der Waals surface area contributed by atoms with Gasteiger partial charge < -0.3 is 10.6 Å². The molecule has 0 saturated carbocycles. The van der Waals surface area contributed by atoms with Crippen molar-refractivity contribution < 1.29 is 9.59 Å². The monoisotopic (exact) mass is 379 g/mol. The number of carbonyl (C=O) groups is 2. The third kappa shape index (κ3) is 5.24. The highest BCUT2D eigenvalue weighted by molar-refractivity contribution is 7.09. The van der Waals surface area contributed by atoms with Gasteiger partial charge in [0.15, 0.2) is 0 Å². The number of para-hydroxylation sites is 1. The van der Waals surface area contributed by atoms with Gasteiger partial charge in [-0.15, -0.1) is 11.3 Å². The van der Waals surface area contributed by atoms with E-state index in [0.717, 1.165) is 16.4 Å². The van der Waals surface area contributed by atoms with Gasteiger partial charge in [-0.25, -0.2) is 4.98 Å². The molecule has 0 saturated heterocycles. The van der Waals surface area contributed by atoms with E-state index in [9.17, 15) is 9.59 Å². The number of amides is 2. The van der Waals surface area contributed by atoms with Crippen LogP contribution in [0.25, 0.3) is 0 Å². The van der Waals surface area contributed by atoms with Crippen LogP contribution in [0.1, 0.15) is 40.8 Å². The smallest absolute Gasteiger partial charge is 0.255 e. The van der Waals surface area contributed by atoms with Crippen molar-refractivity contribution in [2.75, 3.05) is 10.6 Å². The number of thiazole rings is 1. The lowest BCUT2D eigenvalue weighted by molar-refractivity contribution is -0.115. The SMILES string of the molecule is CC(C)c1nc(CC(=O)Nc2ccc(C(=O)Nc3ccccc3)cc2)cs1. The second kappa shape index (κ2) is 8.60. The van der Waals surface area contributed by atoms with Gasteiger partial charge in [-0.3, -0.25) is 9.59 Å². The largest absolute Gasteiger partial charge is 0.326 e. The number of nitrogens with zero attached hydrogens (tertiary/aromatic N) is 1. The molecule has 0 spiro atoms. The minimum absolute atomic E-state index is 0.128. The molecule has 27 heavy (non-hydrogen) atoms. The lowest BCUT2D eigenvalue weighted by atomic mass is 10.2. The van der Waals surface area contributed by atoms with E-state index in [-0.39, 0.29) is 18.2 Å². The molecule has 138 valence electrons. The van der Waals surface area contributed by atoms with Gasteiger partial charge in [-0.2, -0.15) is 0 Å². The lowest BCUT2D eigenvalue weighted by Crippen LogP contribution is -2.15. The summed E-state index contributed by atoms with van der Waals surface area (Å²) in [6.07, 6.45) is 0.236. The molecule has 1 aromatic heterocycles. The average Bonchev–Trinajstić information content (AvgIpc) is 3.12. The highest BCUT2D eigenvalue weighted by Gasteiger charge is 2.11. The third-order valence-electron chi connectivity index (χ3n) is 3.87. The van der Waals surface area contributed by atoms with Crippen LogP contribution in [0.15, 0.2) is 60.0 Å². The van der Waals surface area contributed by atoms with Crippen LogP contribution in [0.4, 0.5) is 11.4 Å². The molecule has 3 aromatic rings. The fourth-order valence-corrected chi connectivity index (χ4v) is 3.30. The van der Waals surface area contributed by atoms with Crippen LogP contribution in [0.3, 0.4) is 0 Å². The first-order chi connectivity index (χ1) is 13.0. The predicted molar refractivity (Wildman–Crippen MR) is 109 cm³/mol. The fraction of sp³-hybridized carbons (Fsp3) is 0.190. The van der Waals surface area contributed by atoms with Gasteiger partial charge in [0.1, 0.15) is 0 Å². The minimum Gasteiger partial charge on any atom is -0.326 e. The Kier molecular flexibility index (Phi) is 5.98. The Balaban J connectivity index is 1.56. The van der Waals surface area contributed by atoms with Gasteiger partial charge >= 0.3 is 0 Å². The van der Waals surface area contributed by atoms with Crippen LogP contribution >= 0.6 is 11.3 Å². The normalized spacial score (nSPS) is 10.6. The summed E-state index contributed by atoms with van der Waals surface area (Å²) in [4.78, 5) is 28.9. The van der Waals surface area contributed by atoms with Gasteiger partial charge in [-0.05, 0) is 36.4 Å². The molecule has 1 heterocycles. The quantitative estimate of drug-likeness (QED) is 0.652. The van der Waals surface area contributed by atoms with E-state index in [2.05, 4.69) is 29.5 Å². The van der Waals surface area contributed by atoms with Crippen molar-refractivity contribution in [3.63, 3.8) is 0 Å². The van der Waals surface area contributed by atoms with Crippen molar-refractivity contribution in [3.05, 3.63) is 76.2 Å². The van der Waals surface area contributed by atoms with Gasteiger partial charge in [0.05, 0.1) is 17.1 Å². The topological polar surface area (TPSA) is 71.1 Å². The molecule has 6 heteroatoms. The Morgan fingerprint density at radius 1 is 0.963 bits per heavy atom. The number of rotatable bonds is 6. The number of hydrogen-bond donors (Lipinski definition) is 2. The molecule has 2 amide bonds. The van der Waals surface area contributed by atoms with Crippen molar-refractivity contribution in [3.8, 4) is 0 Å². The summed E-state index contributed by atoms with van der Waals surface area (Å²) in [7, 11) is 0. The molecule has 0 atom stereocenters. The second-order valence-corrected chi connectivity index (χ2v) is 7.34. The Morgan fingerprint density at radius 2 is 1.63 bits per heavy atom. The Labute approximate surface area is 162 Å². The maximum Gasteiger partial charge on any atom is 0.255 e. The van der Waals surface area contributed by atoms with Crippen molar-refractivity contribution in [1.82, 2.24) is 4.98 Å². The van der Waals surface area contributed by atoms with Crippen LogP contribution in [0.5, 0.6) is 0 Å². The van der Waals surface area contributed by atoms with E-state index in [1.54, 1.807) is 35.6 Å². The number of aromatic nitrogens is 1. The fourth-order valence-electron chi connectivity index (χ4n) is 2.47. The maximum absolute atomic E-state index is 12.2. The molecule has 0 fully saturated rings. The van der Waals surface area contributed by atoms with E-state index < -0.39 is 0 Å². The zero-order valence-electron chi connectivity index (χ0n) is 15.2. The first-order valence-electron chi connectivity index (χ1n) is 8.72. The van der Waals surface area contributed by atoms with Crippen molar-refractivity contribution >= 4 is 34.5 Å². The molecule has 3 rings (SSSR count). The Morgan fingerprint density at radius 3 is 2.26 bits per heavy atom. The van der Waals surface area contributed by atoms with E-state index in [4.69, 9.17) is 0 Å². The Bertz CT molecular complexity index is 918. The highest BCUT2D eigenvalue weighted by Crippen LogP contribution is 2.20. The van der Waals surface area contributed by atoms with Crippen LogP contribution in [-0.4, -0.2) is 16.8 Å². The van der Waals surface area contributed by atoms with Gasteiger partial charge in [0.25, 0.3) is 5.91 Å². The molecular formula is C21H21N3O2S. The summed E-state index contributed by atoms with van der Waals surface area (Å²) in [6.45, 7) is 4.16. The summed E-state index contributed by atoms with van der Waals surface area (Å²) < 4.78 is 0. The van der Waals surface area contributed by atoms with Crippen molar-refractivity contribution in [1.29, 1.82) is 0 Å². The highest BCUT2D eigenvalue weighted by atomic mass is 32.1. The molecule has 2 N–H and O–H groups in total. The van der Waals surface area contributed by atoms with Gasteiger partial charge in [0.2, 0.25) is 5.91 Å². The number of anilines is 2. The molecule has 0 aliphatic rings.